The summed E-state index contributed by atoms with van der Waals surface area (Å²) in [5, 5.41) is 3.06. The Morgan fingerprint density at radius 2 is 1.85 bits per heavy atom. The van der Waals surface area contributed by atoms with Crippen molar-refractivity contribution in [1.82, 2.24) is 9.62 Å². The Kier molecular flexibility index (Phi) is 4.43. The van der Waals surface area contributed by atoms with Gasteiger partial charge in [-0.1, -0.05) is 0 Å². The molecule has 6 nitrogen and oxygen atoms in total. The number of sulfonamides is 1. The second-order valence-electron chi connectivity index (χ2n) is 4.64. The Morgan fingerprint density at radius 1 is 1.20 bits per heavy atom. The maximum atomic E-state index is 12.5. The second kappa shape index (κ2) is 5.77. The fourth-order valence-corrected chi connectivity index (χ4v) is 3.45. The molecule has 0 saturated carbocycles. The van der Waals surface area contributed by atoms with Crippen LogP contribution in [0, 0.1) is 0 Å². The molecular weight excluding hydrogens is 304 g/mol. The molecule has 0 aromatic heterocycles. The molecule has 2 aliphatic heterocycles. The molecule has 1 aromatic rings. The summed E-state index contributed by atoms with van der Waals surface area (Å²) in [4.78, 5) is 0.242. The van der Waals surface area contributed by atoms with Gasteiger partial charge in [-0.3, -0.25) is 0 Å². The third-order valence-corrected chi connectivity index (χ3v) is 5.37. The minimum Gasteiger partial charge on any atom is -0.486 e. The largest absolute Gasteiger partial charge is 0.486 e. The van der Waals surface area contributed by atoms with Crippen LogP contribution in [0.25, 0.3) is 0 Å². The fraction of sp³-hybridized carbons (Fsp3) is 0.500. The smallest absolute Gasteiger partial charge is 0.243 e. The van der Waals surface area contributed by atoms with Crippen molar-refractivity contribution < 1.29 is 17.9 Å². The summed E-state index contributed by atoms with van der Waals surface area (Å²) in [6.45, 7) is 2.33. The molecule has 0 aliphatic carbocycles. The molecule has 0 radical (unpaired) electrons. The van der Waals surface area contributed by atoms with Crippen molar-refractivity contribution in [3.05, 3.63) is 18.2 Å². The predicted molar refractivity (Wildman–Crippen MR) is 76.3 cm³/mol. The highest BCUT2D eigenvalue weighted by Crippen LogP contribution is 2.33. The molecule has 0 amide bonds. The monoisotopic (exact) mass is 320 g/mol. The Labute approximate surface area is 124 Å². The number of halogens is 1. The molecule has 1 N–H and O–H groups in total. The molecule has 1 saturated heterocycles. The van der Waals surface area contributed by atoms with Gasteiger partial charge in [0.1, 0.15) is 13.2 Å². The number of rotatable bonds is 3. The number of nitrogens with one attached hydrogen (secondary N) is 1. The molecule has 112 valence electrons. The van der Waals surface area contributed by atoms with Crippen molar-refractivity contribution in [2.45, 2.75) is 10.9 Å². The number of hydrogen-bond donors (Lipinski definition) is 1. The SMILES string of the molecule is CN(C1CNC1)S(=O)(=O)c1ccc2c(c1)OCCO2.Cl. The van der Waals surface area contributed by atoms with Gasteiger partial charge >= 0.3 is 0 Å². The first-order valence-corrected chi connectivity index (χ1v) is 7.61. The lowest BCUT2D eigenvalue weighted by atomic mass is 10.2. The van der Waals surface area contributed by atoms with Gasteiger partial charge in [-0.25, -0.2) is 8.42 Å². The van der Waals surface area contributed by atoms with E-state index in [-0.39, 0.29) is 23.3 Å². The number of fused-ring (bicyclic) bond motifs is 1. The maximum absolute atomic E-state index is 12.5. The van der Waals surface area contributed by atoms with Gasteiger partial charge in [-0.15, -0.1) is 12.4 Å². The van der Waals surface area contributed by atoms with Crippen LogP contribution in [-0.4, -0.2) is 52.1 Å². The highest BCUT2D eigenvalue weighted by atomic mass is 35.5. The van der Waals surface area contributed by atoms with Crippen molar-refractivity contribution in [2.24, 2.45) is 0 Å². The molecule has 3 rings (SSSR count). The van der Waals surface area contributed by atoms with E-state index in [9.17, 15) is 8.42 Å². The predicted octanol–water partition coefficient (Wildman–Crippen LogP) is 0.472. The summed E-state index contributed by atoms with van der Waals surface area (Å²) in [6, 6.07) is 4.77. The van der Waals surface area contributed by atoms with Gasteiger partial charge in [0.25, 0.3) is 0 Å². The van der Waals surface area contributed by atoms with Crippen molar-refractivity contribution in [2.75, 3.05) is 33.4 Å². The molecule has 0 atom stereocenters. The molecular formula is C12H17ClN2O4S. The summed E-state index contributed by atoms with van der Waals surface area (Å²) in [7, 11) is -1.87. The Balaban J connectivity index is 0.00000147. The third-order valence-electron chi connectivity index (χ3n) is 3.46. The summed E-state index contributed by atoms with van der Waals surface area (Å²) >= 11 is 0. The topological polar surface area (TPSA) is 67.9 Å². The summed E-state index contributed by atoms with van der Waals surface area (Å²) < 4.78 is 37.1. The van der Waals surface area contributed by atoms with Gasteiger partial charge < -0.3 is 14.8 Å². The minimum absolute atomic E-state index is 0. The molecule has 20 heavy (non-hydrogen) atoms. The van der Waals surface area contributed by atoms with Crippen LogP contribution in [0.4, 0.5) is 0 Å². The van der Waals surface area contributed by atoms with E-state index in [0.29, 0.717) is 37.8 Å². The highest BCUT2D eigenvalue weighted by molar-refractivity contribution is 7.89. The van der Waals surface area contributed by atoms with Crippen LogP contribution in [0.1, 0.15) is 0 Å². The molecule has 0 bridgehead atoms. The van der Waals surface area contributed by atoms with Gasteiger partial charge in [-0.05, 0) is 12.1 Å². The normalized spacial score (nSPS) is 18.3. The summed E-state index contributed by atoms with van der Waals surface area (Å²) in [6.07, 6.45) is 0. The van der Waals surface area contributed by atoms with Crippen LogP contribution in [0.15, 0.2) is 23.1 Å². The number of ether oxygens (including phenoxy) is 2. The molecule has 8 heteroatoms. The van der Waals surface area contributed by atoms with Crippen molar-refractivity contribution in [1.29, 1.82) is 0 Å². The fourth-order valence-electron chi connectivity index (χ4n) is 2.08. The van der Waals surface area contributed by atoms with Crippen LogP contribution >= 0.6 is 12.4 Å². The van der Waals surface area contributed by atoms with Gasteiger partial charge in [0, 0.05) is 32.2 Å². The first-order valence-electron chi connectivity index (χ1n) is 6.17. The molecule has 0 unspecified atom stereocenters. The molecule has 2 heterocycles. The number of nitrogens with zero attached hydrogens (tertiary/aromatic N) is 1. The number of hydrogen-bond acceptors (Lipinski definition) is 5. The first kappa shape index (κ1) is 15.4. The van der Waals surface area contributed by atoms with Crippen LogP contribution in [-0.2, 0) is 10.0 Å². The maximum Gasteiger partial charge on any atom is 0.243 e. The molecule has 1 fully saturated rings. The van der Waals surface area contributed by atoms with Crippen LogP contribution in [0.3, 0.4) is 0 Å². The van der Waals surface area contributed by atoms with Crippen molar-refractivity contribution >= 4 is 22.4 Å². The van der Waals surface area contributed by atoms with Crippen molar-refractivity contribution in [3.8, 4) is 11.5 Å². The lowest BCUT2D eigenvalue weighted by Gasteiger charge is -2.34. The lowest BCUT2D eigenvalue weighted by molar-refractivity contribution is 0.171. The zero-order chi connectivity index (χ0) is 13.5. The van der Waals surface area contributed by atoms with E-state index >= 15 is 0 Å². The zero-order valence-electron chi connectivity index (χ0n) is 11.0. The summed E-state index contributed by atoms with van der Waals surface area (Å²) in [5.41, 5.74) is 0. The van der Waals surface area contributed by atoms with E-state index in [4.69, 9.17) is 9.47 Å². The number of benzene rings is 1. The second-order valence-corrected chi connectivity index (χ2v) is 6.64. The van der Waals surface area contributed by atoms with E-state index in [1.165, 1.54) is 10.4 Å². The van der Waals surface area contributed by atoms with E-state index in [2.05, 4.69) is 5.32 Å². The van der Waals surface area contributed by atoms with Crippen LogP contribution < -0.4 is 14.8 Å². The van der Waals surface area contributed by atoms with E-state index in [0.717, 1.165) is 0 Å². The average molecular weight is 321 g/mol. The first-order chi connectivity index (χ1) is 9.09. The van der Waals surface area contributed by atoms with E-state index < -0.39 is 10.0 Å². The van der Waals surface area contributed by atoms with Crippen LogP contribution in [0.2, 0.25) is 0 Å². The quantitative estimate of drug-likeness (QED) is 0.877. The van der Waals surface area contributed by atoms with Gasteiger partial charge in [0.05, 0.1) is 4.90 Å². The Morgan fingerprint density at radius 3 is 2.45 bits per heavy atom. The van der Waals surface area contributed by atoms with E-state index in [1.807, 2.05) is 0 Å². The van der Waals surface area contributed by atoms with E-state index in [1.54, 1.807) is 19.2 Å². The van der Waals surface area contributed by atoms with Gasteiger partial charge in [0.2, 0.25) is 10.0 Å². The Hall–Kier alpha value is -1.02. The lowest BCUT2D eigenvalue weighted by Crippen LogP contribution is -2.57. The average Bonchev–Trinajstić information content (AvgIpc) is 2.36. The molecule has 0 spiro atoms. The molecule has 1 aromatic carbocycles. The molecule has 2 aliphatic rings. The zero-order valence-corrected chi connectivity index (χ0v) is 12.7. The van der Waals surface area contributed by atoms with Crippen molar-refractivity contribution in [3.63, 3.8) is 0 Å². The van der Waals surface area contributed by atoms with Gasteiger partial charge in [-0.2, -0.15) is 4.31 Å². The number of likely N-dealkylation sites (N-methyl/N-ethyl adjacent to an activating group) is 1. The Bertz CT molecular complexity index is 589. The van der Waals surface area contributed by atoms with Gasteiger partial charge in [0.15, 0.2) is 11.5 Å². The standard InChI is InChI=1S/C12H16N2O4S.ClH/c1-14(9-7-13-8-9)19(15,16)10-2-3-11-12(6-10)18-5-4-17-11;/h2-3,6,9,13H,4-5,7-8H2,1H3;1H. The van der Waals surface area contributed by atoms with Crippen LogP contribution in [0.5, 0.6) is 11.5 Å². The minimum atomic E-state index is -3.47. The third kappa shape index (κ3) is 2.58. The highest BCUT2D eigenvalue weighted by Gasteiger charge is 2.32. The summed E-state index contributed by atoms with van der Waals surface area (Å²) in [5.74, 6) is 1.09.